The van der Waals surface area contributed by atoms with Crippen molar-refractivity contribution in [2.75, 3.05) is 0 Å². The van der Waals surface area contributed by atoms with Gasteiger partial charge < -0.3 is 20.4 Å². The van der Waals surface area contributed by atoms with Crippen molar-refractivity contribution in [2.24, 2.45) is 20.0 Å². The molecule has 0 aliphatic heterocycles. The average Bonchev–Trinajstić information content (AvgIpc) is 3.39. The Kier molecular flexibility index (Phi) is 17.9. The third-order valence-electron chi connectivity index (χ3n) is 13.4. The second kappa shape index (κ2) is 24.3. The predicted octanol–water partition coefficient (Wildman–Crippen LogP) is 17.6. The Morgan fingerprint density at radius 2 is 0.564 bits per heavy atom. The second-order valence-corrected chi connectivity index (χ2v) is 24.0. The number of phenols is 4. The molecule has 4 N–H and O–H groups in total. The molecule has 0 atom stereocenters. The van der Waals surface area contributed by atoms with Gasteiger partial charge in [-0.05, 0) is 141 Å². The highest BCUT2D eigenvalue weighted by Crippen LogP contribution is 2.39. The topological polar surface area (TPSA) is 130 Å². The first-order valence-electron chi connectivity index (χ1n) is 26.7. The maximum atomic E-state index is 11.2. The van der Waals surface area contributed by atoms with Crippen LogP contribution < -0.4 is 0 Å². The molecule has 0 spiro atoms. The van der Waals surface area contributed by atoms with Crippen LogP contribution >= 0.6 is 0 Å². The number of hydrogen-bond acceptors (Lipinski definition) is 8. The van der Waals surface area contributed by atoms with Crippen molar-refractivity contribution in [2.45, 2.75) is 118 Å². The van der Waals surface area contributed by atoms with E-state index in [9.17, 15) is 20.4 Å². The van der Waals surface area contributed by atoms with Gasteiger partial charge >= 0.3 is 0 Å². The van der Waals surface area contributed by atoms with E-state index in [2.05, 4.69) is 139 Å². The summed E-state index contributed by atoms with van der Waals surface area (Å²) in [5.74, 6) is 1.08. The van der Waals surface area contributed by atoms with Gasteiger partial charge in [-0.3, -0.25) is 20.0 Å². The molecule has 78 heavy (non-hydrogen) atoms. The van der Waals surface area contributed by atoms with Crippen LogP contribution in [0.4, 0.5) is 22.7 Å². The van der Waals surface area contributed by atoms with E-state index < -0.39 is 0 Å². The van der Waals surface area contributed by atoms with Crippen LogP contribution in [0.1, 0.15) is 150 Å². The minimum atomic E-state index is -0.255. The first-order valence-corrected chi connectivity index (χ1v) is 26.7. The minimum Gasteiger partial charge on any atom is -0.507 e. The van der Waals surface area contributed by atoms with Crippen molar-refractivity contribution in [3.63, 3.8) is 0 Å². The molecule has 0 bridgehead atoms. The van der Waals surface area contributed by atoms with E-state index >= 15 is 0 Å². The van der Waals surface area contributed by atoms with Gasteiger partial charge in [-0.2, -0.15) is 0 Å². The van der Waals surface area contributed by atoms with Gasteiger partial charge in [0.05, 0.1) is 22.7 Å². The lowest BCUT2D eigenvalue weighted by molar-refractivity contribution is 0.444. The third kappa shape index (κ3) is 15.4. The average molecular weight is 1040 g/mol. The number of nitrogens with zero attached hydrogens (tertiary/aromatic N) is 4. The van der Waals surface area contributed by atoms with Crippen LogP contribution in [0, 0.1) is 0 Å². The van der Waals surface area contributed by atoms with Crippen molar-refractivity contribution in [3.8, 4) is 23.0 Å². The van der Waals surface area contributed by atoms with E-state index in [1.54, 1.807) is 24.9 Å². The fourth-order valence-electron chi connectivity index (χ4n) is 9.00. The van der Waals surface area contributed by atoms with Gasteiger partial charge in [0.25, 0.3) is 0 Å². The third-order valence-corrected chi connectivity index (χ3v) is 13.4. The highest BCUT2D eigenvalue weighted by molar-refractivity contribution is 5.89. The quantitative estimate of drug-likeness (QED) is 0.0908. The Hall–Kier alpha value is -8.36. The van der Waals surface area contributed by atoms with E-state index in [0.717, 1.165) is 62.6 Å². The largest absolute Gasteiger partial charge is 0.507 e. The molecule has 0 aliphatic rings. The Balaban J connectivity index is 0.000000226. The summed E-state index contributed by atoms with van der Waals surface area (Å²) in [5.41, 5.74) is 13.4. The lowest BCUT2D eigenvalue weighted by atomic mass is 9.82. The van der Waals surface area contributed by atoms with Crippen LogP contribution in [-0.4, -0.2) is 45.3 Å². The molecule has 0 radical (unpaired) electrons. The molecular formula is C70H76N4O4. The number of benzene rings is 8. The van der Waals surface area contributed by atoms with Gasteiger partial charge in [0.15, 0.2) is 0 Å². The number of para-hydroxylation sites is 4. The molecule has 0 aromatic heterocycles. The summed E-state index contributed by atoms with van der Waals surface area (Å²) in [4.78, 5) is 18.3. The fourth-order valence-corrected chi connectivity index (χ4v) is 9.00. The van der Waals surface area contributed by atoms with Gasteiger partial charge in [0.2, 0.25) is 0 Å². The molecule has 0 heterocycles. The molecule has 400 valence electrons. The molecule has 8 rings (SSSR count). The van der Waals surface area contributed by atoms with Gasteiger partial charge in [-0.1, -0.05) is 180 Å². The number of aromatic hydroxyl groups is 4. The molecule has 0 saturated carbocycles. The second-order valence-electron chi connectivity index (χ2n) is 24.0. The minimum absolute atomic E-state index is 0.138. The molecule has 0 unspecified atom stereocenters. The zero-order valence-corrected chi connectivity index (χ0v) is 47.5. The van der Waals surface area contributed by atoms with Crippen LogP contribution in [0.3, 0.4) is 0 Å². The SMILES string of the molecule is CC(C)(C)c1cc(Cc2cc(C=Nc3ccccc3)c(O)c(C(C)(C)C)c2)cc(C=Nc2ccccc2)c1O.CC(C)(C)c1cccc(C=Nc2ccc(Cc3ccc(N=Cc4cccc(C(C)(C)C)c4O)cc3)cc2)c1O. The lowest BCUT2D eigenvalue weighted by Crippen LogP contribution is -2.14. The van der Waals surface area contributed by atoms with Gasteiger partial charge in [-0.25, -0.2) is 0 Å². The van der Waals surface area contributed by atoms with Crippen LogP contribution in [0.15, 0.2) is 190 Å². The number of phenolic OH excluding ortho intramolecular Hbond substituents is 4. The molecule has 0 saturated heterocycles. The van der Waals surface area contributed by atoms with E-state index in [0.29, 0.717) is 28.7 Å². The number of rotatable bonds is 12. The maximum absolute atomic E-state index is 11.2. The van der Waals surface area contributed by atoms with Crippen LogP contribution in [-0.2, 0) is 34.5 Å². The van der Waals surface area contributed by atoms with Crippen molar-refractivity contribution in [1.29, 1.82) is 0 Å². The number of hydrogen-bond donors (Lipinski definition) is 4. The summed E-state index contributed by atoms with van der Waals surface area (Å²) >= 11 is 0. The monoisotopic (exact) mass is 1040 g/mol. The summed E-state index contributed by atoms with van der Waals surface area (Å²) in [5, 5.41) is 43.6. The smallest absolute Gasteiger partial charge is 0.128 e. The first-order chi connectivity index (χ1) is 36.8. The predicted molar refractivity (Wildman–Crippen MR) is 328 cm³/mol. The maximum Gasteiger partial charge on any atom is 0.128 e. The Morgan fingerprint density at radius 3 is 0.885 bits per heavy atom. The molecule has 0 aliphatic carbocycles. The first kappa shape index (κ1) is 57.3. The van der Waals surface area contributed by atoms with Gasteiger partial charge in [0.1, 0.15) is 23.0 Å². The van der Waals surface area contributed by atoms with Crippen molar-refractivity contribution >= 4 is 47.6 Å². The van der Waals surface area contributed by atoms with Gasteiger partial charge in [0, 0.05) is 58.2 Å². The van der Waals surface area contributed by atoms with Crippen LogP contribution in [0.25, 0.3) is 0 Å². The van der Waals surface area contributed by atoms with Crippen LogP contribution in [0.5, 0.6) is 23.0 Å². The molecule has 0 amide bonds. The highest BCUT2D eigenvalue weighted by Gasteiger charge is 2.25. The molecule has 8 aromatic rings. The van der Waals surface area contributed by atoms with Gasteiger partial charge in [-0.15, -0.1) is 0 Å². The summed E-state index contributed by atoms with van der Waals surface area (Å²) in [7, 11) is 0. The summed E-state index contributed by atoms with van der Waals surface area (Å²) in [6.45, 7) is 25.1. The summed E-state index contributed by atoms with van der Waals surface area (Å²) in [6.07, 6.45) is 8.34. The molecule has 0 fully saturated rings. The zero-order chi connectivity index (χ0) is 56.4. The van der Waals surface area contributed by atoms with Crippen molar-refractivity contribution < 1.29 is 20.4 Å². The van der Waals surface area contributed by atoms with Crippen molar-refractivity contribution in [3.05, 3.63) is 237 Å². The fraction of sp³-hybridized carbons (Fsp3) is 0.257. The summed E-state index contributed by atoms with van der Waals surface area (Å²) in [6, 6.07) is 55.4. The van der Waals surface area contributed by atoms with Crippen molar-refractivity contribution in [1.82, 2.24) is 0 Å². The lowest BCUT2D eigenvalue weighted by Gasteiger charge is -2.24. The van der Waals surface area contributed by atoms with E-state index in [-0.39, 0.29) is 44.7 Å². The normalized spacial score (nSPS) is 12.5. The summed E-state index contributed by atoms with van der Waals surface area (Å²) < 4.78 is 0. The molecule has 8 aromatic carbocycles. The van der Waals surface area contributed by atoms with E-state index in [4.69, 9.17) is 0 Å². The Morgan fingerprint density at radius 1 is 0.282 bits per heavy atom. The number of aliphatic imine (C=N–C) groups is 4. The highest BCUT2D eigenvalue weighted by atomic mass is 16.3. The van der Waals surface area contributed by atoms with E-state index in [1.807, 2.05) is 133 Å². The standard InChI is InChI=1S/2C35H38N2O2/c1-34(2,3)30-11-7-9-26(32(30)38)22-36-28-17-13-24(14-18-28)21-25-15-19-29(20-16-25)37-23-27-10-8-12-31(33(27)39)35(4,5)6;1-34(2,3)30-20-24(18-26(32(30)38)22-36-28-13-9-7-10-14-28)17-25-19-27(23-37-29-15-11-8-12-16-29)33(39)31(21-25)35(4,5)6/h7-20,22-23,38-39H,21H2,1-6H3;7-16,18-23,38-39H,17H2,1-6H3. The zero-order valence-electron chi connectivity index (χ0n) is 47.5. The Bertz CT molecular complexity index is 3210. The van der Waals surface area contributed by atoms with Crippen LogP contribution in [0.2, 0.25) is 0 Å². The Labute approximate surface area is 463 Å². The molecular weight excluding hydrogens is 961 g/mol. The van der Waals surface area contributed by atoms with E-state index in [1.165, 1.54) is 11.1 Å². The molecule has 8 nitrogen and oxygen atoms in total. The molecule has 8 heteroatoms.